The minimum absolute atomic E-state index is 0.112. The number of carbonyl (C=O) groups excluding carboxylic acids is 1. The van der Waals surface area contributed by atoms with E-state index in [1.807, 2.05) is 0 Å². The fourth-order valence-electron chi connectivity index (χ4n) is 2.04. The second-order valence-corrected chi connectivity index (χ2v) is 5.43. The number of thiazole rings is 1. The quantitative estimate of drug-likeness (QED) is 0.838. The lowest BCUT2D eigenvalue weighted by molar-refractivity contribution is 0.0520. The van der Waals surface area contributed by atoms with Crippen LogP contribution in [-0.2, 0) is 10.2 Å². The maximum absolute atomic E-state index is 11.6. The highest BCUT2D eigenvalue weighted by molar-refractivity contribution is 7.10. The van der Waals surface area contributed by atoms with Gasteiger partial charge in [0.1, 0.15) is 0 Å². The summed E-state index contributed by atoms with van der Waals surface area (Å²) in [4.78, 5) is 16.0. The van der Waals surface area contributed by atoms with Gasteiger partial charge in [-0.3, -0.25) is 0 Å². The molecule has 1 saturated heterocycles. The number of carbonyl (C=O) groups is 1. The Balaban J connectivity index is 2.14. The molecule has 0 amide bonds. The molecule has 2 heterocycles. The Morgan fingerprint density at radius 1 is 1.59 bits per heavy atom. The van der Waals surface area contributed by atoms with Gasteiger partial charge in [0.05, 0.1) is 11.6 Å². The van der Waals surface area contributed by atoms with Crippen LogP contribution >= 0.6 is 11.3 Å². The highest BCUT2D eigenvalue weighted by atomic mass is 32.1. The van der Waals surface area contributed by atoms with Gasteiger partial charge in [-0.2, -0.15) is 0 Å². The van der Waals surface area contributed by atoms with Crippen LogP contribution in [0.2, 0.25) is 0 Å². The smallest absolute Gasteiger partial charge is 0.357 e. The number of nitrogens with one attached hydrogen (secondary N) is 1. The first-order valence-corrected chi connectivity index (χ1v) is 6.87. The van der Waals surface area contributed by atoms with Crippen molar-refractivity contribution in [2.45, 2.75) is 32.1 Å². The summed E-state index contributed by atoms with van der Waals surface area (Å²) < 4.78 is 4.95. The van der Waals surface area contributed by atoms with Crippen molar-refractivity contribution in [1.29, 1.82) is 0 Å². The van der Waals surface area contributed by atoms with Gasteiger partial charge in [0.25, 0.3) is 0 Å². The maximum atomic E-state index is 11.6. The standard InChI is InChI=1S/C12H18N2O2S/c1-3-16-10(15)9-8-17-11(14-9)12(2)4-6-13-7-5-12/h8,13H,3-7H2,1-2H3. The number of esters is 1. The van der Waals surface area contributed by atoms with Crippen LogP contribution in [0.4, 0.5) is 0 Å². The molecule has 0 atom stereocenters. The van der Waals surface area contributed by atoms with E-state index >= 15 is 0 Å². The van der Waals surface area contributed by atoms with Crippen LogP contribution < -0.4 is 5.32 Å². The summed E-state index contributed by atoms with van der Waals surface area (Å²) in [5, 5.41) is 6.21. The van der Waals surface area contributed by atoms with Gasteiger partial charge in [0.15, 0.2) is 5.69 Å². The Hall–Kier alpha value is -0.940. The topological polar surface area (TPSA) is 51.2 Å². The number of rotatable bonds is 3. The van der Waals surface area contributed by atoms with E-state index in [2.05, 4.69) is 17.2 Å². The van der Waals surface area contributed by atoms with Crippen molar-refractivity contribution < 1.29 is 9.53 Å². The largest absolute Gasteiger partial charge is 0.461 e. The van der Waals surface area contributed by atoms with Crippen molar-refractivity contribution >= 4 is 17.3 Å². The fourth-order valence-corrected chi connectivity index (χ4v) is 3.05. The molecule has 4 nitrogen and oxygen atoms in total. The molecule has 5 heteroatoms. The summed E-state index contributed by atoms with van der Waals surface area (Å²) in [6.07, 6.45) is 2.14. The van der Waals surface area contributed by atoms with Crippen molar-refractivity contribution in [2.75, 3.05) is 19.7 Å². The molecule has 1 aliphatic heterocycles. The third-order valence-corrected chi connectivity index (χ3v) is 4.36. The molecule has 0 bridgehead atoms. The molecule has 0 aromatic carbocycles. The van der Waals surface area contributed by atoms with Gasteiger partial charge in [-0.25, -0.2) is 9.78 Å². The van der Waals surface area contributed by atoms with Crippen LogP contribution in [0, 0.1) is 0 Å². The van der Waals surface area contributed by atoms with E-state index in [-0.39, 0.29) is 11.4 Å². The van der Waals surface area contributed by atoms with Gasteiger partial charge in [-0.05, 0) is 32.9 Å². The van der Waals surface area contributed by atoms with Gasteiger partial charge < -0.3 is 10.1 Å². The monoisotopic (exact) mass is 254 g/mol. The average Bonchev–Trinajstić information content (AvgIpc) is 2.80. The average molecular weight is 254 g/mol. The van der Waals surface area contributed by atoms with Gasteiger partial charge >= 0.3 is 5.97 Å². The van der Waals surface area contributed by atoms with Gasteiger partial charge in [0, 0.05) is 10.8 Å². The Morgan fingerprint density at radius 3 is 2.94 bits per heavy atom. The second-order valence-electron chi connectivity index (χ2n) is 4.57. The zero-order valence-corrected chi connectivity index (χ0v) is 11.1. The number of ether oxygens (including phenoxy) is 1. The second kappa shape index (κ2) is 5.14. The van der Waals surface area contributed by atoms with E-state index in [1.165, 1.54) is 0 Å². The van der Waals surface area contributed by atoms with Crippen molar-refractivity contribution in [3.8, 4) is 0 Å². The van der Waals surface area contributed by atoms with E-state index in [4.69, 9.17) is 4.74 Å². The summed E-state index contributed by atoms with van der Waals surface area (Å²) in [5.41, 5.74) is 0.562. The molecule has 0 spiro atoms. The van der Waals surface area contributed by atoms with E-state index in [0.29, 0.717) is 12.3 Å². The Labute approximate surface area is 105 Å². The van der Waals surface area contributed by atoms with E-state index in [0.717, 1.165) is 30.9 Å². The number of hydrogen-bond donors (Lipinski definition) is 1. The lowest BCUT2D eigenvalue weighted by Gasteiger charge is -2.31. The minimum Gasteiger partial charge on any atom is -0.461 e. The van der Waals surface area contributed by atoms with Gasteiger partial charge in [0.2, 0.25) is 0 Å². The molecule has 0 aliphatic carbocycles. The molecule has 0 radical (unpaired) electrons. The highest BCUT2D eigenvalue weighted by Gasteiger charge is 2.32. The van der Waals surface area contributed by atoms with Gasteiger partial charge in [-0.15, -0.1) is 11.3 Å². The first kappa shape index (κ1) is 12.5. The Kier molecular flexibility index (Phi) is 3.79. The van der Waals surface area contributed by atoms with Gasteiger partial charge in [-0.1, -0.05) is 6.92 Å². The maximum Gasteiger partial charge on any atom is 0.357 e. The zero-order valence-electron chi connectivity index (χ0n) is 10.3. The van der Waals surface area contributed by atoms with Crippen LogP contribution in [0.15, 0.2) is 5.38 Å². The predicted molar refractivity (Wildman–Crippen MR) is 67.5 cm³/mol. The molecule has 2 rings (SSSR count). The summed E-state index contributed by atoms with van der Waals surface area (Å²) in [6, 6.07) is 0. The van der Waals surface area contributed by atoms with E-state index < -0.39 is 0 Å². The molecule has 17 heavy (non-hydrogen) atoms. The molecule has 1 fully saturated rings. The van der Waals surface area contributed by atoms with Crippen molar-refractivity contribution in [1.82, 2.24) is 10.3 Å². The lowest BCUT2D eigenvalue weighted by atomic mass is 9.82. The molecule has 1 aromatic rings. The van der Waals surface area contributed by atoms with E-state index in [9.17, 15) is 4.79 Å². The van der Waals surface area contributed by atoms with Crippen LogP contribution in [0.25, 0.3) is 0 Å². The predicted octanol–water partition coefficient (Wildman–Crippen LogP) is 1.96. The molecule has 0 unspecified atom stereocenters. The van der Waals surface area contributed by atoms with Crippen LogP contribution in [-0.4, -0.2) is 30.6 Å². The summed E-state index contributed by atoms with van der Waals surface area (Å²) >= 11 is 1.57. The Morgan fingerprint density at radius 2 is 2.29 bits per heavy atom. The number of nitrogens with zero attached hydrogens (tertiary/aromatic N) is 1. The Bertz CT molecular complexity index is 397. The van der Waals surface area contributed by atoms with Crippen LogP contribution in [0.5, 0.6) is 0 Å². The minimum atomic E-state index is -0.312. The fraction of sp³-hybridized carbons (Fsp3) is 0.667. The first-order chi connectivity index (χ1) is 8.15. The normalized spacial score (nSPS) is 18.9. The van der Waals surface area contributed by atoms with Crippen molar-refractivity contribution in [3.05, 3.63) is 16.1 Å². The SMILES string of the molecule is CCOC(=O)c1csc(C2(C)CCNCC2)n1. The summed E-state index contributed by atoms with van der Waals surface area (Å²) in [7, 11) is 0. The third-order valence-electron chi connectivity index (χ3n) is 3.21. The number of piperidine rings is 1. The molecule has 1 aliphatic rings. The molecule has 0 saturated carbocycles. The number of aromatic nitrogens is 1. The molecule has 94 valence electrons. The first-order valence-electron chi connectivity index (χ1n) is 5.99. The molecule has 1 aromatic heterocycles. The van der Waals surface area contributed by atoms with Crippen molar-refractivity contribution in [2.24, 2.45) is 0 Å². The summed E-state index contributed by atoms with van der Waals surface area (Å²) in [6.45, 7) is 6.46. The molecular formula is C12H18N2O2S. The molecule has 1 N–H and O–H groups in total. The van der Waals surface area contributed by atoms with Crippen LogP contribution in [0.3, 0.4) is 0 Å². The third kappa shape index (κ3) is 2.66. The lowest BCUT2D eigenvalue weighted by Crippen LogP contribution is -2.37. The van der Waals surface area contributed by atoms with Crippen molar-refractivity contribution in [3.63, 3.8) is 0 Å². The molecular weight excluding hydrogens is 236 g/mol. The zero-order chi connectivity index (χ0) is 12.3. The van der Waals surface area contributed by atoms with E-state index in [1.54, 1.807) is 23.6 Å². The highest BCUT2D eigenvalue weighted by Crippen LogP contribution is 2.34. The summed E-state index contributed by atoms with van der Waals surface area (Å²) in [5.74, 6) is -0.312. The van der Waals surface area contributed by atoms with Crippen LogP contribution in [0.1, 0.15) is 42.2 Å². The number of hydrogen-bond acceptors (Lipinski definition) is 5.